The van der Waals surface area contributed by atoms with E-state index >= 15 is 0 Å². The fourth-order valence-electron chi connectivity index (χ4n) is 2.18. The number of nitrogens with one attached hydrogen (secondary N) is 1. The third-order valence-electron chi connectivity index (χ3n) is 3.68. The van der Waals surface area contributed by atoms with Crippen molar-refractivity contribution in [1.29, 1.82) is 0 Å². The van der Waals surface area contributed by atoms with Crippen LogP contribution in [0.2, 0.25) is 10.0 Å². The normalized spacial score (nSPS) is 14.1. The van der Waals surface area contributed by atoms with Crippen LogP contribution in [0.1, 0.15) is 43.6 Å². The van der Waals surface area contributed by atoms with Gasteiger partial charge in [0.05, 0.1) is 21.8 Å². The molecule has 0 bridgehead atoms. The SMILES string of the molecule is CCC(C)n1ccc(CC(NN)c2cccc(Cl)c2Cl)n1. The van der Waals surface area contributed by atoms with Crippen LogP contribution in [0, 0.1) is 0 Å². The summed E-state index contributed by atoms with van der Waals surface area (Å²) in [5.41, 5.74) is 4.64. The second-order valence-electron chi connectivity index (χ2n) is 5.11. The third kappa shape index (κ3) is 3.77. The van der Waals surface area contributed by atoms with Crippen LogP contribution < -0.4 is 11.3 Å². The molecule has 1 heterocycles. The molecule has 4 nitrogen and oxygen atoms in total. The van der Waals surface area contributed by atoms with Crippen molar-refractivity contribution in [3.05, 3.63) is 51.8 Å². The van der Waals surface area contributed by atoms with E-state index < -0.39 is 0 Å². The molecule has 0 amide bonds. The Kier molecular flexibility index (Phi) is 5.65. The molecule has 0 spiro atoms. The van der Waals surface area contributed by atoms with Gasteiger partial charge in [-0.2, -0.15) is 5.10 Å². The first-order chi connectivity index (χ1) is 10.1. The van der Waals surface area contributed by atoms with E-state index in [4.69, 9.17) is 29.0 Å². The molecule has 0 aliphatic heterocycles. The van der Waals surface area contributed by atoms with Crippen molar-refractivity contribution < 1.29 is 0 Å². The fraction of sp³-hybridized carbons (Fsp3) is 0.400. The lowest BCUT2D eigenvalue weighted by Gasteiger charge is -2.17. The molecule has 2 atom stereocenters. The molecule has 114 valence electrons. The van der Waals surface area contributed by atoms with Gasteiger partial charge < -0.3 is 0 Å². The largest absolute Gasteiger partial charge is 0.271 e. The van der Waals surface area contributed by atoms with E-state index in [0.717, 1.165) is 17.7 Å². The summed E-state index contributed by atoms with van der Waals surface area (Å²) >= 11 is 12.3. The van der Waals surface area contributed by atoms with E-state index in [1.165, 1.54) is 0 Å². The van der Waals surface area contributed by atoms with E-state index in [0.29, 0.717) is 22.5 Å². The molecule has 0 saturated heterocycles. The first-order valence-corrected chi connectivity index (χ1v) is 7.76. The average molecular weight is 327 g/mol. The summed E-state index contributed by atoms with van der Waals surface area (Å²) in [6.45, 7) is 4.28. The predicted molar refractivity (Wildman–Crippen MR) is 87.5 cm³/mol. The van der Waals surface area contributed by atoms with E-state index in [2.05, 4.69) is 24.4 Å². The first-order valence-electron chi connectivity index (χ1n) is 7.00. The zero-order valence-corrected chi connectivity index (χ0v) is 13.7. The summed E-state index contributed by atoms with van der Waals surface area (Å²) in [6, 6.07) is 7.82. The van der Waals surface area contributed by atoms with Crippen molar-refractivity contribution in [1.82, 2.24) is 15.2 Å². The van der Waals surface area contributed by atoms with Gasteiger partial charge in [0, 0.05) is 18.7 Å². The lowest BCUT2D eigenvalue weighted by atomic mass is 10.0. The van der Waals surface area contributed by atoms with Crippen LogP contribution >= 0.6 is 23.2 Å². The zero-order chi connectivity index (χ0) is 15.4. The highest BCUT2D eigenvalue weighted by molar-refractivity contribution is 6.42. The van der Waals surface area contributed by atoms with Crippen LogP contribution in [0.4, 0.5) is 0 Å². The molecular formula is C15H20Cl2N4. The second kappa shape index (κ2) is 7.27. The topological polar surface area (TPSA) is 55.9 Å². The van der Waals surface area contributed by atoms with Gasteiger partial charge in [-0.15, -0.1) is 0 Å². The van der Waals surface area contributed by atoms with Crippen LogP contribution in [-0.2, 0) is 6.42 Å². The van der Waals surface area contributed by atoms with Crippen molar-refractivity contribution in [2.75, 3.05) is 0 Å². The third-order valence-corrected chi connectivity index (χ3v) is 4.51. The maximum atomic E-state index is 6.26. The smallest absolute Gasteiger partial charge is 0.0644 e. The van der Waals surface area contributed by atoms with Crippen molar-refractivity contribution in [2.45, 2.75) is 38.8 Å². The molecule has 0 saturated carbocycles. The Balaban J connectivity index is 2.19. The molecule has 3 N–H and O–H groups in total. The summed E-state index contributed by atoms with van der Waals surface area (Å²) in [7, 11) is 0. The van der Waals surface area contributed by atoms with Gasteiger partial charge in [-0.05, 0) is 31.0 Å². The van der Waals surface area contributed by atoms with E-state index in [9.17, 15) is 0 Å². The molecule has 2 rings (SSSR count). The van der Waals surface area contributed by atoms with Crippen molar-refractivity contribution in [3.8, 4) is 0 Å². The highest BCUT2D eigenvalue weighted by atomic mass is 35.5. The zero-order valence-electron chi connectivity index (χ0n) is 12.2. The first kappa shape index (κ1) is 16.3. The highest BCUT2D eigenvalue weighted by Gasteiger charge is 2.17. The molecule has 1 aromatic heterocycles. The Morgan fingerprint density at radius 2 is 2.10 bits per heavy atom. The van der Waals surface area contributed by atoms with Gasteiger partial charge in [-0.25, -0.2) is 0 Å². The van der Waals surface area contributed by atoms with Gasteiger partial charge in [0.1, 0.15) is 0 Å². The standard InChI is InChI=1S/C15H20Cl2N4/c1-3-10(2)21-8-7-11(20-21)9-14(19-18)12-5-4-6-13(16)15(12)17/h4-8,10,14,19H,3,9,18H2,1-2H3. The Bertz CT molecular complexity index is 597. The number of rotatable bonds is 6. The number of halogens is 2. The molecule has 6 heteroatoms. The second-order valence-corrected chi connectivity index (χ2v) is 5.90. The van der Waals surface area contributed by atoms with Gasteiger partial charge in [0.15, 0.2) is 0 Å². The molecule has 21 heavy (non-hydrogen) atoms. The number of nitrogens with zero attached hydrogens (tertiary/aromatic N) is 2. The number of hydrogen-bond acceptors (Lipinski definition) is 3. The summed E-state index contributed by atoms with van der Waals surface area (Å²) in [4.78, 5) is 0. The summed E-state index contributed by atoms with van der Waals surface area (Å²) in [6.07, 6.45) is 3.69. The van der Waals surface area contributed by atoms with Crippen molar-refractivity contribution in [2.24, 2.45) is 5.84 Å². The summed E-state index contributed by atoms with van der Waals surface area (Å²) < 4.78 is 1.97. The minimum Gasteiger partial charge on any atom is -0.271 e. The number of aromatic nitrogens is 2. The van der Waals surface area contributed by atoms with E-state index in [1.807, 2.05) is 29.1 Å². The molecule has 0 aliphatic carbocycles. The minimum absolute atomic E-state index is 0.128. The Labute approximate surface area is 135 Å². The molecule has 2 aromatic rings. The lowest BCUT2D eigenvalue weighted by Crippen LogP contribution is -2.30. The number of benzene rings is 1. The summed E-state index contributed by atoms with van der Waals surface area (Å²) in [5, 5.41) is 5.65. The van der Waals surface area contributed by atoms with Crippen molar-refractivity contribution in [3.63, 3.8) is 0 Å². The highest BCUT2D eigenvalue weighted by Crippen LogP contribution is 2.31. The van der Waals surface area contributed by atoms with Crippen LogP contribution in [-0.4, -0.2) is 9.78 Å². The van der Waals surface area contributed by atoms with Crippen LogP contribution in [0.5, 0.6) is 0 Å². The van der Waals surface area contributed by atoms with Crippen LogP contribution in [0.3, 0.4) is 0 Å². The molecule has 1 aromatic carbocycles. The molecule has 0 fully saturated rings. The maximum Gasteiger partial charge on any atom is 0.0644 e. The van der Waals surface area contributed by atoms with E-state index in [1.54, 1.807) is 6.07 Å². The van der Waals surface area contributed by atoms with E-state index in [-0.39, 0.29) is 6.04 Å². The van der Waals surface area contributed by atoms with Crippen LogP contribution in [0.15, 0.2) is 30.5 Å². The number of hydrazine groups is 1. The Morgan fingerprint density at radius 3 is 2.76 bits per heavy atom. The molecule has 2 unspecified atom stereocenters. The average Bonchev–Trinajstić information content (AvgIpc) is 2.95. The van der Waals surface area contributed by atoms with Gasteiger partial charge >= 0.3 is 0 Å². The lowest BCUT2D eigenvalue weighted by molar-refractivity contribution is 0.467. The van der Waals surface area contributed by atoms with Gasteiger partial charge in [0.2, 0.25) is 0 Å². The minimum atomic E-state index is -0.128. The van der Waals surface area contributed by atoms with Crippen LogP contribution in [0.25, 0.3) is 0 Å². The van der Waals surface area contributed by atoms with Gasteiger partial charge in [-0.1, -0.05) is 42.3 Å². The molecular weight excluding hydrogens is 307 g/mol. The predicted octanol–water partition coefficient (Wildman–Crippen LogP) is 3.91. The molecule has 0 radical (unpaired) electrons. The maximum absolute atomic E-state index is 6.26. The Hall–Kier alpha value is -1.07. The molecule has 0 aliphatic rings. The Morgan fingerprint density at radius 1 is 1.33 bits per heavy atom. The quantitative estimate of drug-likeness (QED) is 0.625. The fourth-order valence-corrected chi connectivity index (χ4v) is 2.62. The van der Waals surface area contributed by atoms with Gasteiger partial charge in [-0.3, -0.25) is 16.0 Å². The monoisotopic (exact) mass is 326 g/mol. The van der Waals surface area contributed by atoms with Gasteiger partial charge in [0.25, 0.3) is 0 Å². The number of hydrogen-bond donors (Lipinski definition) is 2. The van der Waals surface area contributed by atoms with Crippen molar-refractivity contribution >= 4 is 23.2 Å². The summed E-state index contributed by atoms with van der Waals surface area (Å²) in [5.74, 6) is 5.68. The number of nitrogens with two attached hydrogens (primary N) is 1.